The minimum absolute atomic E-state index is 0.0747. The van der Waals surface area contributed by atoms with Gasteiger partial charge in [-0.2, -0.15) is 0 Å². The van der Waals surface area contributed by atoms with Crippen LogP contribution < -0.4 is 0 Å². The molecule has 0 saturated carbocycles. The van der Waals surface area contributed by atoms with Crippen LogP contribution in [-0.2, 0) is 19.0 Å². The molecule has 3 aliphatic heterocycles. The maximum Gasteiger partial charge on any atom is 0.314 e. The van der Waals surface area contributed by atoms with Gasteiger partial charge in [-0.15, -0.1) is 0 Å². The van der Waals surface area contributed by atoms with Crippen LogP contribution in [-0.4, -0.2) is 31.1 Å². The monoisotopic (exact) mass is 224 g/mol. The Kier molecular flexibility index (Phi) is 2.48. The minimum Gasteiger partial charge on any atom is -0.435 e. The molecule has 3 saturated heterocycles. The molecule has 0 aromatic heterocycles. The molecular weight excluding hydrogens is 208 g/mol. The molecule has 5 atom stereocenters. The summed E-state index contributed by atoms with van der Waals surface area (Å²) in [4.78, 5) is 11.7. The molecule has 3 aliphatic rings. The van der Waals surface area contributed by atoms with Crippen molar-refractivity contribution in [1.82, 2.24) is 0 Å². The predicted octanol–water partition coefficient (Wildman–Crippen LogP) is 1.26. The number of esters is 1. The highest BCUT2D eigenvalue weighted by Gasteiger charge is 2.61. The molecule has 0 aromatic carbocycles. The number of carbonyl (C=O) groups is 1. The van der Waals surface area contributed by atoms with Crippen molar-refractivity contribution >= 4 is 5.97 Å². The Morgan fingerprint density at radius 2 is 2.25 bits per heavy atom. The van der Waals surface area contributed by atoms with Gasteiger partial charge in [0.2, 0.25) is 6.29 Å². The fourth-order valence-electron chi connectivity index (χ4n) is 3.03. The molecule has 3 rings (SSSR count). The topological polar surface area (TPSA) is 44.8 Å². The summed E-state index contributed by atoms with van der Waals surface area (Å²) in [6, 6.07) is 0. The van der Waals surface area contributed by atoms with E-state index in [1.807, 2.05) is 19.1 Å². The molecule has 0 unspecified atom stereocenters. The van der Waals surface area contributed by atoms with Gasteiger partial charge in [0.15, 0.2) is 0 Å². The van der Waals surface area contributed by atoms with E-state index < -0.39 is 6.29 Å². The Bertz CT molecular complexity index is 325. The maximum absolute atomic E-state index is 11.7. The van der Waals surface area contributed by atoms with Gasteiger partial charge >= 0.3 is 5.97 Å². The summed E-state index contributed by atoms with van der Waals surface area (Å²) in [7, 11) is 0. The van der Waals surface area contributed by atoms with Crippen LogP contribution in [0, 0.1) is 11.8 Å². The van der Waals surface area contributed by atoms with Crippen LogP contribution in [0.1, 0.15) is 19.8 Å². The van der Waals surface area contributed by atoms with Crippen molar-refractivity contribution in [3.05, 3.63) is 12.2 Å². The predicted molar refractivity (Wildman–Crippen MR) is 55.5 cm³/mol. The number of hydrogen-bond donors (Lipinski definition) is 0. The zero-order valence-electron chi connectivity index (χ0n) is 9.30. The summed E-state index contributed by atoms with van der Waals surface area (Å²) in [5.41, 5.74) is 0. The highest BCUT2D eigenvalue weighted by atomic mass is 16.7. The van der Waals surface area contributed by atoms with E-state index in [2.05, 4.69) is 0 Å². The molecule has 0 spiro atoms. The zero-order valence-corrected chi connectivity index (χ0v) is 9.30. The number of cyclic esters (lactones) is 1. The Hall–Kier alpha value is -0.870. The Morgan fingerprint density at radius 3 is 3.06 bits per heavy atom. The van der Waals surface area contributed by atoms with E-state index in [1.165, 1.54) is 0 Å². The summed E-state index contributed by atoms with van der Waals surface area (Å²) < 4.78 is 16.6. The molecular formula is C12H16O4. The van der Waals surface area contributed by atoms with Gasteiger partial charge in [-0.25, -0.2) is 0 Å². The largest absolute Gasteiger partial charge is 0.435 e. The lowest BCUT2D eigenvalue weighted by Gasteiger charge is -2.21. The molecule has 0 aromatic rings. The van der Waals surface area contributed by atoms with Crippen LogP contribution in [0.15, 0.2) is 12.2 Å². The van der Waals surface area contributed by atoms with Crippen LogP contribution in [0.25, 0.3) is 0 Å². The summed E-state index contributed by atoms with van der Waals surface area (Å²) in [6.45, 7) is 2.43. The third-order valence-corrected chi connectivity index (χ3v) is 3.74. The van der Waals surface area contributed by atoms with Crippen molar-refractivity contribution in [2.75, 3.05) is 6.61 Å². The first-order valence-corrected chi connectivity index (χ1v) is 5.90. The quantitative estimate of drug-likeness (QED) is 0.534. The molecule has 0 N–H and O–H groups in total. The minimum atomic E-state index is -0.399. The van der Waals surface area contributed by atoms with Gasteiger partial charge in [0.05, 0.1) is 30.7 Å². The molecule has 0 amide bonds. The average Bonchev–Trinajstić information content (AvgIpc) is 2.92. The van der Waals surface area contributed by atoms with Crippen LogP contribution >= 0.6 is 0 Å². The summed E-state index contributed by atoms with van der Waals surface area (Å²) in [5.74, 6) is -0.0893. The van der Waals surface area contributed by atoms with Gasteiger partial charge in [-0.3, -0.25) is 4.79 Å². The van der Waals surface area contributed by atoms with Crippen molar-refractivity contribution in [3.8, 4) is 0 Å². The lowest BCUT2D eigenvalue weighted by Crippen LogP contribution is -2.32. The van der Waals surface area contributed by atoms with E-state index >= 15 is 0 Å². The van der Waals surface area contributed by atoms with Gasteiger partial charge in [-0.05, 0) is 19.8 Å². The smallest absolute Gasteiger partial charge is 0.314 e. The first-order chi connectivity index (χ1) is 7.81. The second-order valence-corrected chi connectivity index (χ2v) is 4.60. The third kappa shape index (κ3) is 1.40. The molecule has 88 valence electrons. The van der Waals surface area contributed by atoms with Crippen LogP contribution in [0.2, 0.25) is 0 Å². The highest BCUT2D eigenvalue weighted by Crippen LogP contribution is 2.49. The molecule has 3 fully saturated rings. The number of fused-ring (bicyclic) bond motifs is 5. The molecule has 4 nitrogen and oxygen atoms in total. The number of carbonyl (C=O) groups excluding carboxylic acids is 1. The van der Waals surface area contributed by atoms with Crippen molar-refractivity contribution in [3.63, 3.8) is 0 Å². The molecule has 16 heavy (non-hydrogen) atoms. The first kappa shape index (κ1) is 10.3. The van der Waals surface area contributed by atoms with E-state index in [9.17, 15) is 4.79 Å². The van der Waals surface area contributed by atoms with Gasteiger partial charge in [0, 0.05) is 0 Å². The number of rotatable bonds is 3. The average molecular weight is 224 g/mol. The number of allylic oxidation sites excluding steroid dienone is 1. The fourth-order valence-corrected chi connectivity index (χ4v) is 3.03. The lowest BCUT2D eigenvalue weighted by molar-refractivity contribution is -0.171. The number of hydrogen-bond acceptors (Lipinski definition) is 4. The van der Waals surface area contributed by atoms with Gasteiger partial charge in [-0.1, -0.05) is 12.2 Å². The summed E-state index contributed by atoms with van der Waals surface area (Å²) in [5, 5.41) is 0. The maximum atomic E-state index is 11.7. The van der Waals surface area contributed by atoms with E-state index in [-0.39, 0.29) is 30.0 Å². The van der Waals surface area contributed by atoms with E-state index in [4.69, 9.17) is 14.2 Å². The van der Waals surface area contributed by atoms with Crippen molar-refractivity contribution in [2.24, 2.45) is 11.8 Å². The van der Waals surface area contributed by atoms with Crippen LogP contribution in [0.3, 0.4) is 0 Å². The Balaban J connectivity index is 1.70. The Morgan fingerprint density at radius 1 is 1.44 bits per heavy atom. The van der Waals surface area contributed by atoms with E-state index in [1.54, 1.807) is 0 Å². The number of ether oxygens (including phenoxy) is 3. The fraction of sp³-hybridized carbons (Fsp3) is 0.750. The van der Waals surface area contributed by atoms with Crippen LogP contribution in [0.4, 0.5) is 0 Å². The normalized spacial score (nSPS) is 45.3. The van der Waals surface area contributed by atoms with Gasteiger partial charge in [0.25, 0.3) is 0 Å². The molecule has 0 radical (unpaired) electrons. The second-order valence-electron chi connectivity index (χ2n) is 4.60. The zero-order chi connectivity index (χ0) is 11.1. The molecule has 0 aliphatic carbocycles. The summed E-state index contributed by atoms with van der Waals surface area (Å²) in [6.07, 6.45) is 5.70. The lowest BCUT2D eigenvalue weighted by atomic mass is 9.81. The molecule has 4 heteroatoms. The molecule has 2 bridgehead atoms. The van der Waals surface area contributed by atoms with E-state index in [0.29, 0.717) is 6.61 Å². The summed E-state index contributed by atoms with van der Waals surface area (Å²) >= 11 is 0. The van der Waals surface area contributed by atoms with Gasteiger partial charge in [0.1, 0.15) is 0 Å². The first-order valence-electron chi connectivity index (χ1n) is 5.90. The van der Waals surface area contributed by atoms with Crippen LogP contribution in [0.5, 0.6) is 0 Å². The SMILES string of the molecule is C/C=C/CO[C@@H]1OC(=O)[C@H]2[C@@H]1[C@@H]1CC[C@H]2O1. The van der Waals surface area contributed by atoms with Crippen molar-refractivity contribution in [2.45, 2.75) is 38.3 Å². The van der Waals surface area contributed by atoms with E-state index in [0.717, 1.165) is 12.8 Å². The van der Waals surface area contributed by atoms with Crippen molar-refractivity contribution < 1.29 is 19.0 Å². The highest BCUT2D eigenvalue weighted by molar-refractivity contribution is 5.76. The second kappa shape index (κ2) is 3.86. The van der Waals surface area contributed by atoms with Crippen molar-refractivity contribution in [1.29, 1.82) is 0 Å². The van der Waals surface area contributed by atoms with Gasteiger partial charge < -0.3 is 14.2 Å². The third-order valence-electron chi connectivity index (χ3n) is 3.74. The standard InChI is InChI=1S/C12H16O4/c1-2-3-6-14-12-10-8-5-4-7(15-8)9(10)11(13)16-12/h2-3,7-10,12H,4-6H2,1H3/b3-2+/t7-,8+,9-,10+,12-/m1/s1. The molecule has 3 heterocycles. The Labute approximate surface area is 94.5 Å².